The van der Waals surface area contributed by atoms with Gasteiger partial charge in [0.05, 0.1) is 19.8 Å². The summed E-state index contributed by atoms with van der Waals surface area (Å²) in [5.41, 5.74) is 1.76. The Bertz CT molecular complexity index is 1190. The summed E-state index contributed by atoms with van der Waals surface area (Å²) in [7, 11) is 1.35. The van der Waals surface area contributed by atoms with E-state index in [1.54, 1.807) is 12.3 Å². The Kier molecular flexibility index (Phi) is 5.03. The monoisotopic (exact) mass is 397 g/mol. The number of alkyl halides is 2. The van der Waals surface area contributed by atoms with E-state index in [0.717, 1.165) is 21.7 Å². The number of methoxy groups -OCH3 is 1. The Hall–Kier alpha value is -3.61. The average molecular weight is 397 g/mol. The second-order valence-electron chi connectivity index (χ2n) is 6.39. The fourth-order valence-corrected chi connectivity index (χ4v) is 3.33. The van der Waals surface area contributed by atoms with Crippen LogP contribution in [-0.4, -0.2) is 19.6 Å². The van der Waals surface area contributed by atoms with E-state index in [2.05, 4.69) is 10.1 Å². The van der Waals surface area contributed by atoms with Crippen LogP contribution in [0.2, 0.25) is 0 Å². The first kappa shape index (κ1) is 18.7. The Labute approximate surface area is 164 Å². The van der Waals surface area contributed by atoms with Gasteiger partial charge in [0.2, 0.25) is 5.91 Å². The van der Waals surface area contributed by atoms with Crippen molar-refractivity contribution in [1.82, 2.24) is 0 Å². The zero-order chi connectivity index (χ0) is 20.4. The van der Waals surface area contributed by atoms with E-state index in [-0.39, 0.29) is 23.8 Å². The quantitative estimate of drug-likeness (QED) is 0.475. The summed E-state index contributed by atoms with van der Waals surface area (Å²) >= 11 is 0. The molecule has 1 aromatic heterocycles. The lowest BCUT2D eigenvalue weighted by Gasteiger charge is -2.12. The van der Waals surface area contributed by atoms with Crippen molar-refractivity contribution in [2.24, 2.45) is 0 Å². The number of amides is 1. The zero-order valence-corrected chi connectivity index (χ0v) is 15.4. The van der Waals surface area contributed by atoms with E-state index in [4.69, 9.17) is 9.15 Å². The number of halogens is 2. The molecular formula is C22H17F2NO4. The van der Waals surface area contributed by atoms with Crippen molar-refractivity contribution < 1.29 is 27.5 Å². The molecule has 0 saturated heterocycles. The maximum absolute atomic E-state index is 12.6. The number of carbonyl (C=O) groups excluding carboxylic acids is 1. The molecule has 0 spiro atoms. The smallest absolute Gasteiger partial charge is 0.387 e. The van der Waals surface area contributed by atoms with Crippen molar-refractivity contribution in [3.05, 3.63) is 66.4 Å². The van der Waals surface area contributed by atoms with Gasteiger partial charge in [-0.2, -0.15) is 8.78 Å². The number of anilines is 1. The Morgan fingerprint density at radius 1 is 1.10 bits per heavy atom. The second-order valence-corrected chi connectivity index (χ2v) is 6.39. The van der Waals surface area contributed by atoms with Crippen molar-refractivity contribution in [2.75, 3.05) is 12.4 Å². The molecule has 7 heteroatoms. The highest BCUT2D eigenvalue weighted by Gasteiger charge is 2.15. The normalized spacial score (nSPS) is 11.2. The lowest BCUT2D eigenvalue weighted by Crippen LogP contribution is -2.14. The number of nitrogens with one attached hydrogen (secondary N) is 1. The van der Waals surface area contributed by atoms with Gasteiger partial charge < -0.3 is 19.2 Å². The van der Waals surface area contributed by atoms with E-state index in [1.165, 1.54) is 19.2 Å². The highest BCUT2D eigenvalue weighted by Crippen LogP contribution is 2.32. The molecule has 3 aromatic carbocycles. The number of rotatable bonds is 6. The summed E-state index contributed by atoms with van der Waals surface area (Å²) in [4.78, 5) is 12.6. The molecule has 4 rings (SSSR count). The van der Waals surface area contributed by atoms with Crippen LogP contribution >= 0.6 is 0 Å². The number of benzene rings is 3. The van der Waals surface area contributed by atoms with Gasteiger partial charge in [-0.25, -0.2) is 0 Å². The van der Waals surface area contributed by atoms with E-state index < -0.39 is 6.61 Å². The van der Waals surface area contributed by atoms with Crippen LogP contribution in [0.5, 0.6) is 11.5 Å². The number of hydrogen-bond donors (Lipinski definition) is 1. The third-order valence-electron chi connectivity index (χ3n) is 4.55. The highest BCUT2D eigenvalue weighted by atomic mass is 19.3. The largest absolute Gasteiger partial charge is 0.493 e. The maximum atomic E-state index is 12.6. The van der Waals surface area contributed by atoms with E-state index in [0.29, 0.717) is 11.3 Å². The fourth-order valence-electron chi connectivity index (χ4n) is 3.33. The SMILES string of the molecule is COc1ccc(NC(=O)Cc2coc3ccc4ccccc4c23)cc1OC(F)F. The second kappa shape index (κ2) is 7.79. The Morgan fingerprint density at radius 2 is 1.93 bits per heavy atom. The van der Waals surface area contributed by atoms with Gasteiger partial charge in [-0.05, 0) is 29.0 Å². The first-order valence-corrected chi connectivity index (χ1v) is 8.85. The molecule has 0 fully saturated rings. The molecule has 0 radical (unpaired) electrons. The van der Waals surface area contributed by atoms with E-state index in [9.17, 15) is 13.6 Å². The predicted molar refractivity (Wildman–Crippen MR) is 106 cm³/mol. The lowest BCUT2D eigenvalue weighted by molar-refractivity contribution is -0.115. The van der Waals surface area contributed by atoms with Crippen LogP contribution in [0.15, 0.2) is 65.3 Å². The van der Waals surface area contributed by atoms with Crippen LogP contribution in [-0.2, 0) is 11.2 Å². The van der Waals surface area contributed by atoms with Crippen LogP contribution in [0.3, 0.4) is 0 Å². The minimum absolute atomic E-state index is 0.0675. The molecular weight excluding hydrogens is 380 g/mol. The average Bonchev–Trinajstić information content (AvgIpc) is 3.11. The standard InChI is InChI=1S/C22H17F2NO4/c1-27-17-9-7-15(11-19(17)29-22(23)24)25-20(26)10-14-12-28-18-8-6-13-4-2-3-5-16(13)21(14)18/h2-9,11-12,22H,10H2,1H3,(H,25,26). The summed E-state index contributed by atoms with van der Waals surface area (Å²) in [6.07, 6.45) is 1.63. The molecule has 1 heterocycles. The van der Waals surface area contributed by atoms with Crippen molar-refractivity contribution in [3.8, 4) is 11.5 Å². The van der Waals surface area contributed by atoms with Gasteiger partial charge in [-0.15, -0.1) is 0 Å². The molecule has 0 unspecified atom stereocenters. The maximum Gasteiger partial charge on any atom is 0.387 e. The fraction of sp³-hybridized carbons (Fsp3) is 0.136. The third kappa shape index (κ3) is 3.85. The number of ether oxygens (including phenoxy) is 2. The van der Waals surface area contributed by atoms with Crippen LogP contribution in [0.1, 0.15) is 5.56 Å². The topological polar surface area (TPSA) is 60.7 Å². The molecule has 0 saturated carbocycles. The van der Waals surface area contributed by atoms with Gasteiger partial charge in [0.15, 0.2) is 11.5 Å². The summed E-state index contributed by atoms with van der Waals surface area (Å²) in [6, 6.07) is 16.0. The van der Waals surface area contributed by atoms with Crippen LogP contribution in [0.4, 0.5) is 14.5 Å². The molecule has 148 valence electrons. The summed E-state index contributed by atoms with van der Waals surface area (Å²) in [5, 5.41) is 5.63. The molecule has 0 bridgehead atoms. The molecule has 0 atom stereocenters. The van der Waals surface area contributed by atoms with Crippen molar-refractivity contribution in [1.29, 1.82) is 0 Å². The number of carbonyl (C=O) groups is 1. The van der Waals surface area contributed by atoms with Gasteiger partial charge in [-0.1, -0.05) is 30.3 Å². The zero-order valence-electron chi connectivity index (χ0n) is 15.4. The van der Waals surface area contributed by atoms with E-state index >= 15 is 0 Å². The van der Waals surface area contributed by atoms with Crippen LogP contribution in [0.25, 0.3) is 21.7 Å². The number of furan rings is 1. The minimum atomic E-state index is -3.00. The van der Waals surface area contributed by atoms with Crippen molar-refractivity contribution >= 4 is 33.3 Å². The highest BCUT2D eigenvalue weighted by molar-refractivity contribution is 6.09. The van der Waals surface area contributed by atoms with Crippen LogP contribution in [0, 0.1) is 0 Å². The molecule has 0 aliphatic heterocycles. The molecule has 5 nitrogen and oxygen atoms in total. The molecule has 1 N–H and O–H groups in total. The minimum Gasteiger partial charge on any atom is -0.493 e. The van der Waals surface area contributed by atoms with Crippen molar-refractivity contribution in [2.45, 2.75) is 13.0 Å². The number of hydrogen-bond acceptors (Lipinski definition) is 4. The Balaban J connectivity index is 1.58. The summed E-state index contributed by atoms with van der Waals surface area (Å²) in [6.45, 7) is -3.00. The number of fused-ring (bicyclic) bond motifs is 3. The first-order valence-electron chi connectivity index (χ1n) is 8.85. The molecule has 4 aromatic rings. The van der Waals surface area contributed by atoms with Gasteiger partial charge in [-0.3, -0.25) is 4.79 Å². The molecule has 0 aliphatic carbocycles. The molecule has 0 aliphatic rings. The molecule has 1 amide bonds. The van der Waals surface area contributed by atoms with Gasteiger partial charge in [0, 0.05) is 22.7 Å². The van der Waals surface area contributed by atoms with Gasteiger partial charge in [0.25, 0.3) is 0 Å². The summed E-state index contributed by atoms with van der Waals surface area (Å²) < 4.78 is 40.2. The predicted octanol–water partition coefficient (Wildman–Crippen LogP) is 5.38. The van der Waals surface area contributed by atoms with E-state index in [1.807, 2.05) is 36.4 Å². The van der Waals surface area contributed by atoms with Gasteiger partial charge in [0.1, 0.15) is 5.58 Å². The first-order chi connectivity index (χ1) is 14.0. The molecule has 29 heavy (non-hydrogen) atoms. The third-order valence-corrected chi connectivity index (χ3v) is 4.55. The van der Waals surface area contributed by atoms with Crippen LogP contribution < -0.4 is 14.8 Å². The van der Waals surface area contributed by atoms with Gasteiger partial charge >= 0.3 is 6.61 Å². The lowest BCUT2D eigenvalue weighted by atomic mass is 10.0. The van der Waals surface area contributed by atoms with Crippen molar-refractivity contribution in [3.63, 3.8) is 0 Å². The summed E-state index contributed by atoms with van der Waals surface area (Å²) in [5.74, 6) is -0.315. The Morgan fingerprint density at radius 3 is 2.72 bits per heavy atom.